The van der Waals surface area contributed by atoms with Gasteiger partial charge in [-0.2, -0.15) is 0 Å². The minimum Gasteiger partial charge on any atom is -0.370 e. The predicted molar refractivity (Wildman–Crippen MR) is 323 cm³/mol. The van der Waals surface area contributed by atoms with E-state index in [2.05, 4.69) is 62.8 Å². The maximum atomic E-state index is 14.5. The van der Waals surface area contributed by atoms with Crippen molar-refractivity contribution in [2.45, 2.75) is 177 Å². The molecular weight excluding hydrogens is 1120 g/mol. The van der Waals surface area contributed by atoms with E-state index in [1.54, 1.807) is 0 Å². The molecule has 0 saturated carbocycles. The zero-order chi connectivity index (χ0) is 63.8. The van der Waals surface area contributed by atoms with Crippen LogP contribution in [0, 0.1) is 0 Å². The van der Waals surface area contributed by atoms with E-state index in [0.29, 0.717) is 103 Å². The number of carbonyl (C=O) groups is 10. The second-order valence-electron chi connectivity index (χ2n) is 21.1. The van der Waals surface area contributed by atoms with Crippen molar-refractivity contribution < 1.29 is 47.9 Å². The van der Waals surface area contributed by atoms with Gasteiger partial charge in [0.05, 0.1) is 18.9 Å². The molecule has 0 unspecified atom stereocenters. The van der Waals surface area contributed by atoms with Crippen molar-refractivity contribution in [3.63, 3.8) is 0 Å². The molecule has 0 aromatic carbocycles. The van der Waals surface area contributed by atoms with Gasteiger partial charge in [-0.1, -0.05) is 12.5 Å². The molecule has 1 aromatic rings. The van der Waals surface area contributed by atoms with Gasteiger partial charge in [0, 0.05) is 37.9 Å². The van der Waals surface area contributed by atoms with Gasteiger partial charge in [-0.15, -0.1) is 0 Å². The van der Waals surface area contributed by atoms with Gasteiger partial charge < -0.3 is 109 Å². The Bertz CT molecular complexity index is 2320. The number of nitrogens with two attached hydrogens (primary N) is 9. The highest BCUT2D eigenvalue weighted by molar-refractivity contribution is 6.02. The normalized spacial score (nSPS) is 15.7. The minimum atomic E-state index is -1.37. The zero-order valence-electron chi connectivity index (χ0n) is 50.0. The number of rotatable bonds is 44. The zero-order valence-corrected chi connectivity index (χ0v) is 50.0. The van der Waals surface area contributed by atoms with E-state index >= 15 is 0 Å². The molecule has 2 rings (SSSR count). The highest BCUT2D eigenvalue weighted by atomic mass is 16.2. The molecule has 32 heteroatoms. The fourth-order valence-corrected chi connectivity index (χ4v) is 9.10. The van der Waals surface area contributed by atoms with Crippen LogP contribution in [0.3, 0.4) is 0 Å². The molecule has 0 radical (unpaired) electrons. The van der Waals surface area contributed by atoms with Crippen molar-refractivity contribution in [2.24, 2.45) is 56.6 Å². The number of piperidine rings is 1. The van der Waals surface area contributed by atoms with Crippen LogP contribution in [0.2, 0.25) is 0 Å². The molecule has 1 fully saturated rings. The van der Waals surface area contributed by atoms with Crippen molar-refractivity contribution in [1.82, 2.24) is 62.7 Å². The van der Waals surface area contributed by atoms with Crippen molar-refractivity contribution >= 4 is 65.0 Å². The van der Waals surface area contributed by atoms with Crippen LogP contribution in [-0.2, 0) is 54.4 Å². The average molecular weight is 1220 g/mol. The van der Waals surface area contributed by atoms with Gasteiger partial charge in [0.2, 0.25) is 53.2 Å². The molecule has 1 aliphatic rings. The van der Waals surface area contributed by atoms with Crippen molar-refractivity contribution in [1.29, 1.82) is 0 Å². The number of carbonyl (C=O) groups excluding carboxylic acids is 10. The molecule has 486 valence electrons. The largest absolute Gasteiger partial charge is 0.370 e. The number of guanidine groups is 1. The van der Waals surface area contributed by atoms with Crippen LogP contribution in [0.1, 0.15) is 128 Å². The number of nitrogens with one attached hydrogen (secondary N) is 10. The highest BCUT2D eigenvalue weighted by Gasteiger charge is 2.38. The fourth-order valence-electron chi connectivity index (χ4n) is 9.10. The number of aromatic nitrogens is 2. The first-order valence-electron chi connectivity index (χ1n) is 29.9. The first-order valence-corrected chi connectivity index (χ1v) is 29.9. The lowest BCUT2D eigenvalue weighted by Crippen LogP contribution is -2.61. The highest BCUT2D eigenvalue weighted by Crippen LogP contribution is 2.20. The van der Waals surface area contributed by atoms with E-state index in [1.165, 1.54) is 30.4 Å². The van der Waals surface area contributed by atoms with Gasteiger partial charge in [-0.25, -0.2) is 4.98 Å². The third-order valence-electron chi connectivity index (χ3n) is 14.0. The summed E-state index contributed by atoms with van der Waals surface area (Å²) < 4.78 is 0. The van der Waals surface area contributed by atoms with Crippen LogP contribution in [0.5, 0.6) is 0 Å². The number of aromatic amines is 1. The average Bonchev–Trinajstić information content (AvgIpc) is 2.30. The van der Waals surface area contributed by atoms with E-state index in [9.17, 15) is 47.9 Å². The summed E-state index contributed by atoms with van der Waals surface area (Å²) in [7, 11) is 0. The molecule has 0 spiro atoms. The van der Waals surface area contributed by atoms with Crippen LogP contribution in [0.25, 0.3) is 0 Å². The van der Waals surface area contributed by atoms with Crippen LogP contribution in [0.15, 0.2) is 29.3 Å². The quantitative estimate of drug-likeness (QED) is 0.0125. The summed E-state index contributed by atoms with van der Waals surface area (Å²) in [6.07, 6.45) is 10.8. The van der Waals surface area contributed by atoms with Gasteiger partial charge >= 0.3 is 0 Å². The lowest BCUT2D eigenvalue weighted by atomic mass is 9.98. The Kier molecular flexibility index (Phi) is 37.6. The fraction of sp³-hybridized carbons (Fsp3) is 0.704. The number of aliphatic imine (C=N–C) groups is 1. The Morgan fingerprint density at radius 3 is 1.84 bits per heavy atom. The van der Waals surface area contributed by atoms with Gasteiger partial charge in [0.1, 0.15) is 48.0 Å². The standard InChI is InChI=1S/C54H100N22O10/c1-34(69-48(81)40(20-26-60)71-46(79)36(61)14-2-6-21-55)45(78)67-32-44(77)70-41(17-12-25-59)53(86)76-29-11-5-19-43(76)52(85)75-42(30-35-31-64-33-68-35)51(84)74-38(16-4-8-23-57)49(82)73-39(18-13-28-66-54(62)63)50(83)72-37(15-3-7-22-56)47(80)65-27-10-9-24-58/h18,31,33-34,36-38,40-43H,2-17,19-30,32,55-61H2,1H3,(H,64,68)(H,65,80)(H,67,78)(H,69,81)(H,70,77)(H,71,79)(H,72,83)(H,73,82)(H,74,84)(H,75,85)(H4,62,63,66)/b39-18-/t34-,36-,37-,38-,40-,41+,42-,43-/m0/s1. The van der Waals surface area contributed by atoms with Crippen LogP contribution < -0.4 is 99.5 Å². The summed E-state index contributed by atoms with van der Waals surface area (Å²) in [6, 6.07) is -9.18. The number of hydrogen-bond donors (Lipinski definition) is 19. The summed E-state index contributed by atoms with van der Waals surface area (Å²) in [5.41, 5.74) is 51.5. The van der Waals surface area contributed by atoms with Gasteiger partial charge in [-0.05, 0) is 155 Å². The number of likely N-dealkylation sites (tertiary alicyclic amines) is 1. The number of hydrogen-bond acceptors (Lipinski definition) is 19. The van der Waals surface area contributed by atoms with Gasteiger partial charge in [0.25, 0.3) is 5.91 Å². The third-order valence-corrected chi connectivity index (χ3v) is 14.0. The van der Waals surface area contributed by atoms with Gasteiger partial charge in [0.15, 0.2) is 5.96 Å². The van der Waals surface area contributed by atoms with Crippen LogP contribution in [-0.4, -0.2) is 194 Å². The maximum absolute atomic E-state index is 14.5. The van der Waals surface area contributed by atoms with Crippen LogP contribution in [0.4, 0.5) is 0 Å². The molecule has 2 heterocycles. The predicted octanol–water partition coefficient (Wildman–Crippen LogP) is -6.30. The number of H-pyrrole nitrogens is 1. The van der Waals surface area contributed by atoms with E-state index in [0.717, 1.165) is 0 Å². The molecule has 28 N–H and O–H groups in total. The molecule has 10 amide bonds. The van der Waals surface area contributed by atoms with E-state index < -0.39 is 114 Å². The van der Waals surface area contributed by atoms with Crippen molar-refractivity contribution in [2.75, 3.05) is 65.4 Å². The summed E-state index contributed by atoms with van der Waals surface area (Å²) in [5, 5.41) is 23.9. The molecule has 0 aliphatic carbocycles. The maximum Gasteiger partial charge on any atom is 0.268 e. The van der Waals surface area contributed by atoms with Gasteiger partial charge in [-0.3, -0.25) is 52.9 Å². The number of imidazole rings is 1. The molecule has 8 atom stereocenters. The summed E-state index contributed by atoms with van der Waals surface area (Å²) in [5.74, 6) is -7.18. The third kappa shape index (κ3) is 29.2. The van der Waals surface area contributed by atoms with E-state index in [4.69, 9.17) is 51.6 Å². The Morgan fingerprint density at radius 1 is 0.628 bits per heavy atom. The lowest BCUT2D eigenvalue weighted by Gasteiger charge is -2.37. The first-order chi connectivity index (χ1) is 41.2. The van der Waals surface area contributed by atoms with E-state index in [1.807, 2.05) is 0 Å². The lowest BCUT2D eigenvalue weighted by molar-refractivity contribution is -0.146. The molecule has 0 bridgehead atoms. The second kappa shape index (κ2) is 43.3. The molecule has 1 aliphatic heterocycles. The molecule has 1 aromatic heterocycles. The summed E-state index contributed by atoms with van der Waals surface area (Å²) in [6.45, 7) is 2.91. The smallest absolute Gasteiger partial charge is 0.268 e. The molecular formula is C54H100N22O10. The molecule has 1 saturated heterocycles. The first kappa shape index (κ1) is 74.7. The molecule has 32 nitrogen and oxygen atoms in total. The Balaban J connectivity index is 2.35. The topological polar surface area (TPSA) is 557 Å². The van der Waals surface area contributed by atoms with Crippen LogP contribution >= 0.6 is 0 Å². The summed E-state index contributed by atoms with van der Waals surface area (Å²) >= 11 is 0. The van der Waals surface area contributed by atoms with E-state index in [-0.39, 0.29) is 95.7 Å². The number of amides is 10. The number of nitrogens with zero attached hydrogens (tertiary/aromatic N) is 3. The number of unbranched alkanes of at least 4 members (excludes halogenated alkanes) is 4. The Morgan fingerprint density at radius 2 is 1.22 bits per heavy atom. The Labute approximate surface area is 503 Å². The Hall–Kier alpha value is -7.36. The monoisotopic (exact) mass is 1220 g/mol. The SMILES string of the molecule is C[C@H](NC(=O)[C@H](CCN)NC(=O)[C@@H](N)CCCCN)C(=O)NCC(=O)N[C@H](CCCN)C(=O)N1CCCC[C@H]1C(=O)N[C@@H](Cc1cnc[nH]1)C(=O)N[C@@H](CCCCN)C(=O)N/C(=C\CCN=C(N)N)C(=O)N[C@@H](CCCCN)C(=O)NCCCCN. The second-order valence-corrected chi connectivity index (χ2v) is 21.1. The molecule has 86 heavy (non-hydrogen) atoms. The van der Waals surface area contributed by atoms with Crippen molar-refractivity contribution in [3.8, 4) is 0 Å². The summed E-state index contributed by atoms with van der Waals surface area (Å²) in [4.78, 5) is 150. The minimum absolute atomic E-state index is 0.0345. The van der Waals surface area contributed by atoms with Crippen molar-refractivity contribution in [3.05, 3.63) is 30.0 Å².